The predicted octanol–water partition coefficient (Wildman–Crippen LogP) is -3.69. The average Bonchev–Trinajstić information content (AvgIpc) is 2.21. The molecule has 9 heteroatoms. The van der Waals surface area contributed by atoms with Gasteiger partial charge in [0.15, 0.2) is 11.6 Å². The van der Waals surface area contributed by atoms with Crippen LogP contribution in [0.1, 0.15) is 22.7 Å². The van der Waals surface area contributed by atoms with E-state index >= 15 is 0 Å². The number of amides is 1. The number of anilines is 1. The van der Waals surface area contributed by atoms with Crippen LogP contribution in [0.2, 0.25) is 0 Å². The normalized spacial score (nSPS) is 9.29. The molecule has 1 N–H and O–H groups in total. The Kier molecular flexibility index (Phi) is 7.75. The molecule has 0 aromatic carbocycles. The number of aryl methyl sites for hydroxylation is 1. The van der Waals surface area contributed by atoms with Crippen molar-refractivity contribution in [2.45, 2.75) is 13.3 Å². The summed E-state index contributed by atoms with van der Waals surface area (Å²) in [6.45, 7) is 1.53. The van der Waals surface area contributed by atoms with Gasteiger partial charge in [0, 0.05) is 10.8 Å². The molecule has 0 spiro atoms. The van der Waals surface area contributed by atoms with Gasteiger partial charge in [0.25, 0.3) is 0 Å². The SMILES string of the molecule is Cc1nc(C(=O)[O-])nnc1NC(=O)CCI.[Na+]. The van der Waals surface area contributed by atoms with Gasteiger partial charge >= 0.3 is 29.6 Å². The molecule has 1 heterocycles. The number of carbonyl (C=O) groups excluding carboxylic acids is 2. The van der Waals surface area contributed by atoms with Crippen LogP contribution >= 0.6 is 22.6 Å². The number of aromatic carboxylic acids is 1. The fraction of sp³-hybridized carbons (Fsp3) is 0.375. The number of nitrogens with zero attached hydrogens (tertiary/aromatic N) is 3. The minimum absolute atomic E-state index is 0. The van der Waals surface area contributed by atoms with Crippen LogP contribution in [0.4, 0.5) is 5.82 Å². The van der Waals surface area contributed by atoms with E-state index in [0.29, 0.717) is 10.8 Å². The van der Waals surface area contributed by atoms with Crippen molar-refractivity contribution in [3.8, 4) is 0 Å². The van der Waals surface area contributed by atoms with Crippen molar-refractivity contribution in [3.05, 3.63) is 11.5 Å². The molecule has 0 aliphatic rings. The van der Waals surface area contributed by atoms with E-state index in [4.69, 9.17) is 0 Å². The molecule has 0 aliphatic carbocycles. The first-order chi connectivity index (χ1) is 7.54. The van der Waals surface area contributed by atoms with Crippen molar-refractivity contribution in [3.63, 3.8) is 0 Å². The van der Waals surface area contributed by atoms with E-state index < -0.39 is 11.8 Å². The first-order valence-corrected chi connectivity index (χ1v) is 5.85. The van der Waals surface area contributed by atoms with Crippen LogP contribution in [-0.2, 0) is 4.79 Å². The van der Waals surface area contributed by atoms with Gasteiger partial charge in [-0.15, -0.1) is 10.2 Å². The number of carbonyl (C=O) groups is 2. The van der Waals surface area contributed by atoms with Crippen molar-refractivity contribution in [2.24, 2.45) is 0 Å². The molecule has 1 aromatic rings. The number of aromatic nitrogens is 3. The summed E-state index contributed by atoms with van der Waals surface area (Å²) in [5.74, 6) is -2.04. The van der Waals surface area contributed by atoms with Gasteiger partial charge in [-0.3, -0.25) is 4.79 Å². The number of carboxylic acids is 1. The van der Waals surface area contributed by atoms with Crippen LogP contribution in [0.5, 0.6) is 0 Å². The number of hydrogen-bond donors (Lipinski definition) is 1. The van der Waals surface area contributed by atoms with Gasteiger partial charge < -0.3 is 15.2 Å². The number of carboxylic acid groups (broad SMARTS) is 1. The quantitative estimate of drug-likeness (QED) is 0.337. The topological polar surface area (TPSA) is 108 Å². The van der Waals surface area contributed by atoms with Gasteiger partial charge in [-0.25, -0.2) is 4.98 Å². The number of rotatable bonds is 4. The van der Waals surface area contributed by atoms with Crippen LogP contribution in [0, 0.1) is 6.92 Å². The van der Waals surface area contributed by atoms with Crippen molar-refractivity contribution in [1.82, 2.24) is 15.2 Å². The summed E-state index contributed by atoms with van der Waals surface area (Å²) in [6.07, 6.45) is 0.351. The fourth-order valence-corrected chi connectivity index (χ4v) is 1.38. The molecule has 17 heavy (non-hydrogen) atoms. The Labute approximate surface area is 133 Å². The predicted molar refractivity (Wildman–Crippen MR) is 61.0 cm³/mol. The van der Waals surface area contributed by atoms with Crippen LogP contribution < -0.4 is 40.0 Å². The Morgan fingerprint density at radius 1 is 1.41 bits per heavy atom. The zero-order valence-corrected chi connectivity index (χ0v) is 13.5. The Balaban J connectivity index is 0.00000256. The Hall–Kier alpha value is -0.320. The van der Waals surface area contributed by atoms with Gasteiger partial charge in [0.1, 0.15) is 5.97 Å². The summed E-state index contributed by atoms with van der Waals surface area (Å²) in [7, 11) is 0. The number of nitrogens with one attached hydrogen (secondary N) is 1. The maximum atomic E-state index is 11.2. The first-order valence-electron chi connectivity index (χ1n) is 4.33. The van der Waals surface area contributed by atoms with Crippen molar-refractivity contribution >= 4 is 40.3 Å². The Morgan fingerprint density at radius 2 is 2.06 bits per heavy atom. The molecule has 0 bridgehead atoms. The van der Waals surface area contributed by atoms with Gasteiger partial charge in [-0.05, 0) is 6.92 Å². The maximum Gasteiger partial charge on any atom is 1.00 e. The second-order valence-electron chi connectivity index (χ2n) is 2.84. The largest absolute Gasteiger partial charge is 1.00 e. The summed E-state index contributed by atoms with van der Waals surface area (Å²) in [4.78, 5) is 25.3. The first kappa shape index (κ1) is 16.7. The smallest absolute Gasteiger partial charge is 0.541 e. The van der Waals surface area contributed by atoms with E-state index in [1.165, 1.54) is 6.92 Å². The van der Waals surface area contributed by atoms with Crippen LogP contribution in [-0.4, -0.2) is 31.5 Å². The molecule has 1 aromatic heterocycles. The van der Waals surface area contributed by atoms with E-state index in [0.717, 1.165) is 0 Å². The van der Waals surface area contributed by atoms with Crippen LogP contribution in [0.3, 0.4) is 0 Å². The van der Waals surface area contributed by atoms with Crippen molar-refractivity contribution < 1.29 is 44.3 Å². The number of hydrogen-bond acceptors (Lipinski definition) is 6. The Morgan fingerprint density at radius 3 is 2.53 bits per heavy atom. The van der Waals surface area contributed by atoms with Crippen molar-refractivity contribution in [2.75, 3.05) is 9.74 Å². The van der Waals surface area contributed by atoms with E-state index in [-0.39, 0.29) is 47.0 Å². The number of alkyl halides is 1. The van der Waals surface area contributed by atoms with E-state index in [1.807, 2.05) is 0 Å². The molecule has 0 unspecified atom stereocenters. The van der Waals surface area contributed by atoms with Gasteiger partial charge in [0.2, 0.25) is 5.91 Å². The van der Waals surface area contributed by atoms with Gasteiger partial charge in [0.05, 0.1) is 5.69 Å². The summed E-state index contributed by atoms with van der Waals surface area (Å²) in [5, 5.41) is 19.8. The molecule has 0 radical (unpaired) electrons. The molecule has 1 amide bonds. The third-order valence-corrected chi connectivity index (χ3v) is 2.16. The maximum absolute atomic E-state index is 11.2. The average molecular weight is 358 g/mol. The molecule has 0 atom stereocenters. The van der Waals surface area contributed by atoms with E-state index in [9.17, 15) is 14.7 Å². The molecule has 0 saturated carbocycles. The summed E-state index contributed by atoms with van der Waals surface area (Å²) >= 11 is 2.07. The van der Waals surface area contributed by atoms with Gasteiger partial charge in [-0.2, -0.15) is 0 Å². The molecule has 0 saturated heterocycles. The fourth-order valence-electron chi connectivity index (χ4n) is 0.886. The minimum atomic E-state index is -1.50. The molecule has 7 nitrogen and oxygen atoms in total. The number of halogens is 1. The molecular weight excluding hydrogens is 350 g/mol. The summed E-state index contributed by atoms with van der Waals surface area (Å²) in [5.41, 5.74) is 0.288. The standard InChI is InChI=1S/C8H9IN4O3.Na/c1-4-6(11-5(14)2-3-9)12-13-7(10-4)8(15)16;/h2-3H2,1H3,(H,15,16)(H,11,12,14);/q;+1/p-1. The second-order valence-corrected chi connectivity index (χ2v) is 3.92. The summed E-state index contributed by atoms with van der Waals surface area (Å²) < 4.78 is 0.681. The third kappa shape index (κ3) is 5.23. The second kappa shape index (κ2) is 7.90. The minimum Gasteiger partial charge on any atom is -0.541 e. The van der Waals surface area contributed by atoms with Crippen LogP contribution in [0.15, 0.2) is 0 Å². The molecule has 0 aliphatic heterocycles. The van der Waals surface area contributed by atoms with Crippen molar-refractivity contribution in [1.29, 1.82) is 0 Å². The molecule has 1 rings (SSSR count). The third-order valence-electron chi connectivity index (χ3n) is 1.62. The zero-order valence-electron chi connectivity index (χ0n) is 9.36. The molecule has 0 fully saturated rings. The molecular formula is C8H8IN4NaO3. The monoisotopic (exact) mass is 358 g/mol. The van der Waals surface area contributed by atoms with E-state index in [1.54, 1.807) is 0 Å². The summed E-state index contributed by atoms with van der Waals surface area (Å²) in [6, 6.07) is 0. The Bertz CT molecular complexity index is 429. The van der Waals surface area contributed by atoms with Gasteiger partial charge in [-0.1, -0.05) is 22.6 Å². The van der Waals surface area contributed by atoms with E-state index in [2.05, 4.69) is 43.1 Å². The van der Waals surface area contributed by atoms with Crippen LogP contribution in [0.25, 0.3) is 0 Å². The zero-order chi connectivity index (χ0) is 12.1. The molecule has 86 valence electrons.